The summed E-state index contributed by atoms with van der Waals surface area (Å²) in [4.78, 5) is 10.5. The lowest BCUT2D eigenvalue weighted by atomic mass is 10.2. The summed E-state index contributed by atoms with van der Waals surface area (Å²) < 4.78 is 5.85. The molecule has 0 unspecified atom stereocenters. The summed E-state index contributed by atoms with van der Waals surface area (Å²) in [5.41, 5.74) is 0.171. The molecule has 0 saturated heterocycles. The zero-order valence-electron chi connectivity index (χ0n) is 12.0. The number of nitrogens with zero attached hydrogens (tertiary/aromatic N) is 1. The largest absolute Gasteiger partial charge is 0.406 e. The van der Waals surface area contributed by atoms with Crippen molar-refractivity contribution in [2.75, 3.05) is 6.61 Å². The summed E-state index contributed by atoms with van der Waals surface area (Å²) >= 11 is 0. The van der Waals surface area contributed by atoms with E-state index in [0.717, 1.165) is 0 Å². The van der Waals surface area contributed by atoms with Crippen LogP contribution >= 0.6 is 0 Å². The van der Waals surface area contributed by atoms with Crippen LogP contribution in [0.15, 0.2) is 11.8 Å². The van der Waals surface area contributed by atoms with Crippen molar-refractivity contribution in [2.24, 2.45) is 5.92 Å². The highest BCUT2D eigenvalue weighted by molar-refractivity contribution is 6.74. The van der Waals surface area contributed by atoms with Gasteiger partial charge in [-0.15, -0.1) is 0 Å². The van der Waals surface area contributed by atoms with Gasteiger partial charge in [0.15, 0.2) is 8.32 Å². The van der Waals surface area contributed by atoms with Gasteiger partial charge in [-0.2, -0.15) is 0 Å². The van der Waals surface area contributed by atoms with Crippen LogP contribution in [0.2, 0.25) is 18.1 Å². The van der Waals surface area contributed by atoms with Gasteiger partial charge in [0, 0.05) is 0 Å². The van der Waals surface area contributed by atoms with Crippen LogP contribution in [0.4, 0.5) is 0 Å². The van der Waals surface area contributed by atoms with Crippen LogP contribution in [-0.2, 0) is 4.43 Å². The van der Waals surface area contributed by atoms with Crippen LogP contribution in [0.5, 0.6) is 0 Å². The molecule has 5 heteroatoms. The minimum absolute atomic E-state index is 0.0759. The molecule has 0 bridgehead atoms. The van der Waals surface area contributed by atoms with Crippen LogP contribution in [-0.4, -0.2) is 19.8 Å². The first-order valence-corrected chi connectivity index (χ1v) is 8.87. The predicted molar refractivity (Wildman–Crippen MR) is 73.1 cm³/mol. The van der Waals surface area contributed by atoms with Crippen molar-refractivity contribution in [1.82, 2.24) is 0 Å². The topological polar surface area (TPSA) is 52.4 Å². The second-order valence-electron chi connectivity index (χ2n) is 6.21. The molecule has 17 heavy (non-hydrogen) atoms. The van der Waals surface area contributed by atoms with E-state index in [1.165, 1.54) is 0 Å². The average Bonchev–Trinajstić information content (AvgIpc) is 2.09. The number of hydrogen-bond acceptors (Lipinski definition) is 3. The van der Waals surface area contributed by atoms with Gasteiger partial charge in [0.25, 0.3) is 5.70 Å². The molecule has 0 aromatic rings. The SMILES string of the molecule is CC(C)/C=C(/CO[Si](C)(C)C(C)(C)C)[N+](=O)[O-]. The molecule has 4 nitrogen and oxygen atoms in total. The first-order chi connectivity index (χ1) is 7.47. The Balaban J connectivity index is 4.69. The molecular formula is C12H25NO3Si. The van der Waals surface area contributed by atoms with Gasteiger partial charge in [0.05, 0.1) is 4.92 Å². The van der Waals surface area contributed by atoms with E-state index in [1.54, 1.807) is 6.08 Å². The van der Waals surface area contributed by atoms with E-state index in [4.69, 9.17) is 4.43 Å². The molecule has 100 valence electrons. The van der Waals surface area contributed by atoms with E-state index in [-0.39, 0.29) is 28.2 Å². The van der Waals surface area contributed by atoms with E-state index < -0.39 is 8.32 Å². The Hall–Kier alpha value is -0.683. The number of rotatable bonds is 5. The third-order valence-electron chi connectivity index (χ3n) is 3.15. The van der Waals surface area contributed by atoms with Crippen molar-refractivity contribution in [1.29, 1.82) is 0 Å². The first-order valence-electron chi connectivity index (χ1n) is 5.96. The van der Waals surface area contributed by atoms with Gasteiger partial charge in [0.2, 0.25) is 0 Å². The number of allylic oxidation sites excluding steroid dienone is 1. The van der Waals surface area contributed by atoms with Crippen LogP contribution in [0.3, 0.4) is 0 Å². The minimum Gasteiger partial charge on any atom is -0.406 e. The van der Waals surface area contributed by atoms with Crippen molar-refractivity contribution < 1.29 is 9.35 Å². The summed E-state index contributed by atoms with van der Waals surface area (Å²) in [5.74, 6) is 0.165. The molecule has 0 saturated carbocycles. The maximum absolute atomic E-state index is 10.9. The molecule has 0 aliphatic carbocycles. The third kappa shape index (κ3) is 5.45. The van der Waals surface area contributed by atoms with Crippen molar-refractivity contribution in [3.8, 4) is 0 Å². The summed E-state index contributed by atoms with van der Waals surface area (Å²) in [6.45, 7) is 14.5. The van der Waals surface area contributed by atoms with Gasteiger partial charge in [-0.05, 0) is 30.1 Å². The molecule has 0 fully saturated rings. The predicted octanol–water partition coefficient (Wildman–Crippen LogP) is 3.82. The van der Waals surface area contributed by atoms with Gasteiger partial charge in [-0.3, -0.25) is 10.1 Å². The van der Waals surface area contributed by atoms with E-state index in [2.05, 4.69) is 33.9 Å². The Kier molecular flexibility index (Phi) is 5.54. The van der Waals surface area contributed by atoms with Crippen LogP contribution in [0.1, 0.15) is 34.6 Å². The fourth-order valence-electron chi connectivity index (χ4n) is 1.02. The van der Waals surface area contributed by atoms with Gasteiger partial charge in [0.1, 0.15) is 6.61 Å². The fourth-order valence-corrected chi connectivity index (χ4v) is 1.96. The Labute approximate surface area is 105 Å². The lowest BCUT2D eigenvalue weighted by Gasteiger charge is -2.35. The van der Waals surface area contributed by atoms with Gasteiger partial charge in [-0.25, -0.2) is 0 Å². The van der Waals surface area contributed by atoms with Gasteiger partial charge < -0.3 is 4.43 Å². The molecule has 0 amide bonds. The van der Waals surface area contributed by atoms with Crippen molar-refractivity contribution in [3.05, 3.63) is 21.9 Å². The summed E-state index contributed by atoms with van der Waals surface area (Å²) in [6, 6.07) is 0. The molecule has 0 spiro atoms. The van der Waals surface area contributed by atoms with E-state index in [9.17, 15) is 10.1 Å². The zero-order chi connectivity index (χ0) is 13.9. The lowest BCUT2D eigenvalue weighted by molar-refractivity contribution is -0.429. The number of nitro groups is 1. The fraction of sp³-hybridized carbons (Fsp3) is 0.833. The number of hydrogen-bond donors (Lipinski definition) is 0. The van der Waals surface area contributed by atoms with Crippen molar-refractivity contribution in [3.63, 3.8) is 0 Å². The second-order valence-corrected chi connectivity index (χ2v) is 11.0. The maximum atomic E-state index is 10.9. The Morgan fingerprint density at radius 3 is 2.18 bits per heavy atom. The van der Waals surface area contributed by atoms with Crippen LogP contribution in [0, 0.1) is 16.0 Å². The zero-order valence-corrected chi connectivity index (χ0v) is 13.0. The lowest BCUT2D eigenvalue weighted by Crippen LogP contribution is -2.41. The monoisotopic (exact) mass is 259 g/mol. The molecule has 0 aliphatic heterocycles. The highest BCUT2D eigenvalue weighted by Gasteiger charge is 2.38. The molecule has 0 rings (SSSR count). The quantitative estimate of drug-likeness (QED) is 0.428. The molecule has 0 aromatic heterocycles. The molecule has 0 heterocycles. The van der Waals surface area contributed by atoms with E-state index in [0.29, 0.717) is 0 Å². The molecule has 0 aromatic carbocycles. The van der Waals surface area contributed by atoms with Gasteiger partial charge in [-0.1, -0.05) is 34.6 Å². The maximum Gasteiger partial charge on any atom is 0.266 e. The summed E-state index contributed by atoms with van der Waals surface area (Å²) in [6.07, 6.45) is 1.66. The minimum atomic E-state index is -1.91. The van der Waals surface area contributed by atoms with Crippen LogP contribution < -0.4 is 0 Å². The van der Waals surface area contributed by atoms with Crippen LogP contribution in [0.25, 0.3) is 0 Å². The van der Waals surface area contributed by atoms with Crippen molar-refractivity contribution in [2.45, 2.75) is 52.8 Å². The highest BCUT2D eigenvalue weighted by atomic mass is 28.4. The Morgan fingerprint density at radius 1 is 1.41 bits per heavy atom. The molecule has 0 aliphatic rings. The van der Waals surface area contributed by atoms with E-state index >= 15 is 0 Å². The molecule has 0 N–H and O–H groups in total. The smallest absolute Gasteiger partial charge is 0.266 e. The first kappa shape index (κ1) is 16.3. The van der Waals surface area contributed by atoms with Crippen molar-refractivity contribution >= 4 is 8.32 Å². The average molecular weight is 259 g/mol. The summed E-state index contributed by atoms with van der Waals surface area (Å²) in [5, 5.41) is 11.0. The standard InChI is InChI=1S/C12H25NO3Si/c1-10(2)8-11(13(14)15)9-16-17(6,7)12(3,4)5/h8,10H,9H2,1-7H3/b11-8-. The van der Waals surface area contributed by atoms with E-state index in [1.807, 2.05) is 13.8 Å². The third-order valence-corrected chi connectivity index (χ3v) is 7.63. The Bertz CT molecular complexity index is 303. The normalized spacial score (nSPS) is 14.2. The highest BCUT2D eigenvalue weighted by Crippen LogP contribution is 2.36. The van der Waals surface area contributed by atoms with Gasteiger partial charge >= 0.3 is 0 Å². The summed E-state index contributed by atoms with van der Waals surface area (Å²) in [7, 11) is -1.91. The molecular weight excluding hydrogens is 234 g/mol. The molecule has 0 atom stereocenters. The Morgan fingerprint density at radius 2 is 1.88 bits per heavy atom. The molecule has 0 radical (unpaired) electrons. The second kappa shape index (κ2) is 5.77.